The van der Waals surface area contributed by atoms with Crippen LogP contribution in [0.15, 0.2) is 23.4 Å². The van der Waals surface area contributed by atoms with Crippen molar-refractivity contribution >= 4 is 11.7 Å². The third-order valence-corrected chi connectivity index (χ3v) is 6.69. The van der Waals surface area contributed by atoms with E-state index in [2.05, 4.69) is 36.0 Å². The topological polar surface area (TPSA) is 58.1 Å². The van der Waals surface area contributed by atoms with Gasteiger partial charge in [0.15, 0.2) is 0 Å². The van der Waals surface area contributed by atoms with Gasteiger partial charge in [-0.2, -0.15) is 0 Å². The van der Waals surface area contributed by atoms with E-state index in [9.17, 15) is 4.79 Å². The third kappa shape index (κ3) is 3.12. The number of anilines is 1. The van der Waals surface area contributed by atoms with E-state index in [4.69, 9.17) is 4.98 Å². The van der Waals surface area contributed by atoms with Crippen LogP contribution in [-0.2, 0) is 4.79 Å². The lowest BCUT2D eigenvalue weighted by Crippen LogP contribution is -2.52. The average molecular weight is 354 g/mol. The summed E-state index contributed by atoms with van der Waals surface area (Å²) in [5.41, 5.74) is 2.32. The summed E-state index contributed by atoms with van der Waals surface area (Å²) in [4.78, 5) is 24.2. The van der Waals surface area contributed by atoms with Gasteiger partial charge in [0.05, 0.1) is 0 Å². The Labute approximate surface area is 156 Å². The van der Waals surface area contributed by atoms with E-state index >= 15 is 0 Å². The van der Waals surface area contributed by atoms with Gasteiger partial charge in [-0.15, -0.1) is 0 Å². The van der Waals surface area contributed by atoms with Gasteiger partial charge in [0.2, 0.25) is 5.91 Å². The number of hydrogen-bond acceptors (Lipinski definition) is 4. The van der Waals surface area contributed by atoms with Crippen molar-refractivity contribution in [2.75, 3.05) is 18.0 Å². The average Bonchev–Trinajstić information content (AvgIpc) is 3.22. The van der Waals surface area contributed by atoms with Crippen LogP contribution in [0.4, 0.5) is 5.82 Å². The summed E-state index contributed by atoms with van der Waals surface area (Å²) >= 11 is 0. The standard InChI is InChI=1S/C21H30N4O/c1-4-13(2)20-22-9-8-19(24-20)25-11-15-10-18(17(15)12-25)23-21(26)16-7-5-6-14(16)3/h8-9,13,15,17-18H,4-7,10-12H2,1-3H3,(H,23,26). The molecule has 4 rings (SSSR count). The normalized spacial score (nSPS) is 28.7. The van der Waals surface area contributed by atoms with Crippen molar-refractivity contribution in [3.63, 3.8) is 0 Å². The Morgan fingerprint density at radius 2 is 2.23 bits per heavy atom. The summed E-state index contributed by atoms with van der Waals surface area (Å²) in [6.45, 7) is 8.50. The molecule has 2 aliphatic carbocycles. The van der Waals surface area contributed by atoms with Crippen molar-refractivity contribution in [3.8, 4) is 0 Å². The molecule has 2 fully saturated rings. The van der Waals surface area contributed by atoms with Gasteiger partial charge in [-0.1, -0.05) is 19.4 Å². The molecule has 3 aliphatic rings. The van der Waals surface area contributed by atoms with Crippen LogP contribution in [0.3, 0.4) is 0 Å². The minimum absolute atomic E-state index is 0.183. The molecular weight excluding hydrogens is 324 g/mol. The van der Waals surface area contributed by atoms with Gasteiger partial charge in [0.25, 0.3) is 0 Å². The number of carbonyl (C=O) groups excluding carboxylic acids is 1. The summed E-state index contributed by atoms with van der Waals surface area (Å²) in [7, 11) is 0. The van der Waals surface area contributed by atoms with Gasteiger partial charge in [0, 0.05) is 42.7 Å². The monoisotopic (exact) mass is 354 g/mol. The predicted molar refractivity (Wildman–Crippen MR) is 103 cm³/mol. The number of carbonyl (C=O) groups is 1. The van der Waals surface area contributed by atoms with E-state index in [0.717, 1.165) is 62.4 Å². The summed E-state index contributed by atoms with van der Waals surface area (Å²) in [5.74, 6) is 3.80. The van der Waals surface area contributed by atoms with Crippen LogP contribution >= 0.6 is 0 Å². The van der Waals surface area contributed by atoms with Crippen LogP contribution < -0.4 is 10.2 Å². The first-order valence-electron chi connectivity index (χ1n) is 10.1. The number of amides is 1. The molecule has 26 heavy (non-hydrogen) atoms. The lowest BCUT2D eigenvalue weighted by atomic mass is 9.71. The fraction of sp³-hybridized carbons (Fsp3) is 0.667. The molecule has 2 heterocycles. The maximum Gasteiger partial charge on any atom is 0.247 e. The first-order valence-corrected chi connectivity index (χ1v) is 10.1. The second-order valence-electron chi connectivity index (χ2n) is 8.34. The SMILES string of the molecule is CCC(C)c1nccc(N2CC3CC(NC(=O)C4=C(C)CCC4)C3C2)n1. The number of aromatic nitrogens is 2. The highest BCUT2D eigenvalue weighted by Crippen LogP contribution is 2.42. The van der Waals surface area contributed by atoms with E-state index in [1.807, 2.05) is 12.3 Å². The molecule has 5 nitrogen and oxygen atoms in total. The molecule has 1 aliphatic heterocycles. The lowest BCUT2D eigenvalue weighted by Gasteiger charge is -2.39. The van der Waals surface area contributed by atoms with Crippen molar-refractivity contribution in [2.24, 2.45) is 11.8 Å². The Morgan fingerprint density at radius 3 is 2.96 bits per heavy atom. The van der Waals surface area contributed by atoms with Gasteiger partial charge in [-0.05, 0) is 51.0 Å². The molecular formula is C21H30N4O. The second-order valence-corrected chi connectivity index (χ2v) is 8.34. The number of nitrogens with zero attached hydrogens (tertiary/aromatic N) is 3. The van der Waals surface area contributed by atoms with Crippen LogP contribution in [0.25, 0.3) is 0 Å². The van der Waals surface area contributed by atoms with E-state index in [0.29, 0.717) is 23.8 Å². The summed E-state index contributed by atoms with van der Waals surface area (Å²) < 4.78 is 0. The Balaban J connectivity index is 1.39. The van der Waals surface area contributed by atoms with E-state index in [-0.39, 0.29) is 5.91 Å². The Morgan fingerprint density at radius 1 is 1.38 bits per heavy atom. The molecule has 4 atom stereocenters. The van der Waals surface area contributed by atoms with Gasteiger partial charge in [0.1, 0.15) is 11.6 Å². The summed E-state index contributed by atoms with van der Waals surface area (Å²) in [6, 6.07) is 2.35. The summed E-state index contributed by atoms with van der Waals surface area (Å²) in [6.07, 6.45) is 7.20. The molecule has 1 saturated carbocycles. The zero-order chi connectivity index (χ0) is 18.3. The van der Waals surface area contributed by atoms with Crippen LogP contribution in [0, 0.1) is 11.8 Å². The number of nitrogens with one attached hydrogen (secondary N) is 1. The first-order chi connectivity index (χ1) is 12.6. The molecule has 0 bridgehead atoms. The van der Waals surface area contributed by atoms with Crippen molar-refractivity contribution in [1.82, 2.24) is 15.3 Å². The second kappa shape index (κ2) is 7.01. The molecule has 1 aromatic heterocycles. The van der Waals surface area contributed by atoms with Crippen molar-refractivity contribution in [2.45, 2.75) is 64.8 Å². The van der Waals surface area contributed by atoms with Gasteiger partial charge >= 0.3 is 0 Å². The third-order valence-electron chi connectivity index (χ3n) is 6.69. The highest BCUT2D eigenvalue weighted by Gasteiger charge is 2.48. The van der Waals surface area contributed by atoms with Crippen LogP contribution in [-0.4, -0.2) is 35.0 Å². The molecule has 5 heteroatoms. The molecule has 0 radical (unpaired) electrons. The first kappa shape index (κ1) is 17.5. The van der Waals surface area contributed by atoms with Crippen LogP contribution in [0.5, 0.6) is 0 Å². The van der Waals surface area contributed by atoms with Gasteiger partial charge in [-0.3, -0.25) is 4.79 Å². The molecule has 1 amide bonds. The molecule has 1 N–H and O–H groups in total. The van der Waals surface area contributed by atoms with Crippen molar-refractivity contribution in [3.05, 3.63) is 29.2 Å². The molecule has 1 saturated heterocycles. The van der Waals surface area contributed by atoms with Gasteiger partial charge < -0.3 is 10.2 Å². The Bertz CT molecular complexity index is 728. The van der Waals surface area contributed by atoms with E-state index < -0.39 is 0 Å². The highest BCUT2D eigenvalue weighted by molar-refractivity contribution is 5.94. The largest absolute Gasteiger partial charge is 0.356 e. The maximum atomic E-state index is 12.5. The number of allylic oxidation sites excluding steroid dienone is 1. The summed E-state index contributed by atoms with van der Waals surface area (Å²) in [5, 5.41) is 3.31. The maximum absolute atomic E-state index is 12.5. The van der Waals surface area contributed by atoms with E-state index in [1.54, 1.807) is 0 Å². The minimum Gasteiger partial charge on any atom is -0.356 e. The molecule has 4 unspecified atom stereocenters. The van der Waals surface area contributed by atoms with Crippen molar-refractivity contribution in [1.29, 1.82) is 0 Å². The Kier molecular flexibility index (Phi) is 4.72. The van der Waals surface area contributed by atoms with Crippen LogP contribution in [0.2, 0.25) is 0 Å². The molecule has 140 valence electrons. The van der Waals surface area contributed by atoms with Gasteiger partial charge in [-0.25, -0.2) is 9.97 Å². The molecule has 1 aromatic rings. The molecule has 0 aromatic carbocycles. The van der Waals surface area contributed by atoms with Crippen molar-refractivity contribution < 1.29 is 4.79 Å². The lowest BCUT2D eigenvalue weighted by molar-refractivity contribution is -0.119. The zero-order valence-corrected chi connectivity index (χ0v) is 16.2. The highest BCUT2D eigenvalue weighted by atomic mass is 16.1. The fourth-order valence-corrected chi connectivity index (χ4v) is 4.68. The fourth-order valence-electron chi connectivity index (χ4n) is 4.68. The smallest absolute Gasteiger partial charge is 0.247 e. The minimum atomic E-state index is 0.183. The zero-order valence-electron chi connectivity index (χ0n) is 16.2. The Hall–Kier alpha value is -1.91. The number of fused-ring (bicyclic) bond motifs is 1. The van der Waals surface area contributed by atoms with Crippen LogP contribution in [0.1, 0.15) is 64.6 Å². The quantitative estimate of drug-likeness (QED) is 0.880. The molecule has 0 spiro atoms. The van der Waals surface area contributed by atoms with E-state index in [1.165, 1.54) is 5.57 Å². The predicted octanol–water partition coefficient (Wildman–Crippen LogP) is 3.43. The number of rotatable bonds is 5. The number of hydrogen-bond donors (Lipinski definition) is 1.